The summed E-state index contributed by atoms with van der Waals surface area (Å²) in [5.41, 5.74) is 2.65. The van der Waals surface area contributed by atoms with Crippen LogP contribution in [-0.4, -0.2) is 30.5 Å². The number of anilines is 1. The standard InChI is InChI=1S/C27H18FN5O3S/c1-36-25-14-18(17-3-7-24(28)20(12-17)15-29)2-5-23(25)27-22-6-4-21(13-19(22)8-11-31-27)37(34,35)33-26-9-10-30-16-32-26/h2-14,16H,1H3,(H,30,32,33). The van der Waals surface area contributed by atoms with E-state index < -0.39 is 15.8 Å². The lowest BCUT2D eigenvalue weighted by Crippen LogP contribution is -2.13. The van der Waals surface area contributed by atoms with Crippen LogP contribution in [0.25, 0.3) is 33.2 Å². The van der Waals surface area contributed by atoms with E-state index in [1.165, 1.54) is 43.9 Å². The van der Waals surface area contributed by atoms with Gasteiger partial charge in [-0.2, -0.15) is 5.26 Å². The van der Waals surface area contributed by atoms with Crippen LogP contribution in [0.3, 0.4) is 0 Å². The lowest BCUT2D eigenvalue weighted by atomic mass is 9.98. The third kappa shape index (κ3) is 4.68. The molecule has 37 heavy (non-hydrogen) atoms. The highest BCUT2D eigenvalue weighted by Crippen LogP contribution is 2.37. The van der Waals surface area contributed by atoms with Gasteiger partial charge in [0.2, 0.25) is 0 Å². The minimum Gasteiger partial charge on any atom is -0.496 e. The van der Waals surface area contributed by atoms with Crippen molar-refractivity contribution in [2.45, 2.75) is 4.90 Å². The average molecular weight is 512 g/mol. The Hall–Kier alpha value is -4.88. The predicted molar refractivity (Wildman–Crippen MR) is 137 cm³/mol. The van der Waals surface area contributed by atoms with Crippen molar-refractivity contribution < 1.29 is 17.5 Å². The molecule has 2 heterocycles. The van der Waals surface area contributed by atoms with Gasteiger partial charge in [0.05, 0.1) is 23.3 Å². The zero-order valence-corrected chi connectivity index (χ0v) is 20.2. The highest BCUT2D eigenvalue weighted by molar-refractivity contribution is 7.92. The van der Waals surface area contributed by atoms with Crippen molar-refractivity contribution in [3.8, 4) is 34.2 Å². The van der Waals surface area contributed by atoms with Gasteiger partial charge in [0.15, 0.2) is 0 Å². The van der Waals surface area contributed by atoms with Crippen LogP contribution in [-0.2, 0) is 10.0 Å². The Balaban J connectivity index is 1.55. The largest absolute Gasteiger partial charge is 0.496 e. The minimum atomic E-state index is -3.88. The topological polar surface area (TPSA) is 118 Å². The van der Waals surface area contributed by atoms with Crippen LogP contribution in [0.4, 0.5) is 10.2 Å². The smallest absolute Gasteiger partial charge is 0.263 e. The summed E-state index contributed by atoms with van der Waals surface area (Å²) in [5, 5.41) is 10.5. The average Bonchev–Trinajstić information content (AvgIpc) is 2.92. The number of halogens is 1. The van der Waals surface area contributed by atoms with Crippen molar-refractivity contribution >= 4 is 26.6 Å². The van der Waals surface area contributed by atoms with Crippen LogP contribution in [0.1, 0.15) is 5.56 Å². The molecule has 10 heteroatoms. The highest BCUT2D eigenvalue weighted by Gasteiger charge is 2.18. The molecule has 0 unspecified atom stereocenters. The SMILES string of the molecule is COc1cc(-c2ccc(F)c(C#N)c2)ccc1-c1nccc2cc(S(=O)(=O)Nc3ccncn3)ccc12. The van der Waals surface area contributed by atoms with E-state index in [-0.39, 0.29) is 16.3 Å². The van der Waals surface area contributed by atoms with Gasteiger partial charge in [-0.05, 0) is 65.0 Å². The van der Waals surface area contributed by atoms with E-state index in [1.807, 2.05) is 18.2 Å². The highest BCUT2D eigenvalue weighted by atomic mass is 32.2. The van der Waals surface area contributed by atoms with Crippen molar-refractivity contribution in [3.05, 3.63) is 96.8 Å². The molecule has 0 aliphatic carbocycles. The van der Waals surface area contributed by atoms with Crippen LogP contribution in [0.15, 0.2) is 90.3 Å². The quantitative estimate of drug-likeness (QED) is 0.334. The number of nitriles is 1. The van der Waals surface area contributed by atoms with Gasteiger partial charge in [-0.1, -0.05) is 18.2 Å². The first-order valence-electron chi connectivity index (χ1n) is 11.0. The predicted octanol–water partition coefficient (Wildman–Crippen LogP) is 5.18. The second kappa shape index (κ2) is 9.64. The molecule has 0 spiro atoms. The second-order valence-electron chi connectivity index (χ2n) is 7.96. The molecule has 0 aliphatic rings. The zero-order valence-electron chi connectivity index (χ0n) is 19.4. The van der Waals surface area contributed by atoms with E-state index in [4.69, 9.17) is 10.00 Å². The summed E-state index contributed by atoms with van der Waals surface area (Å²) in [6.45, 7) is 0. The summed E-state index contributed by atoms with van der Waals surface area (Å²) in [7, 11) is -2.34. The Bertz CT molecular complexity index is 1790. The Kier molecular flexibility index (Phi) is 6.21. The first-order valence-corrected chi connectivity index (χ1v) is 12.4. The van der Waals surface area contributed by atoms with E-state index in [9.17, 15) is 12.8 Å². The fraction of sp³-hybridized carbons (Fsp3) is 0.0370. The third-order valence-electron chi connectivity index (χ3n) is 5.74. The van der Waals surface area contributed by atoms with Gasteiger partial charge in [0.1, 0.15) is 29.8 Å². The van der Waals surface area contributed by atoms with Crippen LogP contribution in [0, 0.1) is 17.1 Å². The van der Waals surface area contributed by atoms with Gasteiger partial charge in [0.25, 0.3) is 10.0 Å². The molecule has 0 atom stereocenters. The molecule has 0 radical (unpaired) electrons. The van der Waals surface area contributed by atoms with Gasteiger partial charge < -0.3 is 4.74 Å². The molecule has 2 aromatic heterocycles. The molecule has 5 aromatic rings. The molecule has 182 valence electrons. The van der Waals surface area contributed by atoms with Crippen molar-refractivity contribution in [1.82, 2.24) is 15.0 Å². The second-order valence-corrected chi connectivity index (χ2v) is 9.65. The first kappa shape index (κ1) is 23.8. The Morgan fingerprint density at radius 2 is 1.76 bits per heavy atom. The fourth-order valence-corrected chi connectivity index (χ4v) is 4.99. The molecule has 0 saturated heterocycles. The van der Waals surface area contributed by atoms with Gasteiger partial charge in [0, 0.05) is 23.3 Å². The van der Waals surface area contributed by atoms with Crippen LogP contribution in [0.5, 0.6) is 5.75 Å². The number of ether oxygens (including phenoxy) is 1. The van der Waals surface area contributed by atoms with Gasteiger partial charge in [-0.25, -0.2) is 22.8 Å². The third-order valence-corrected chi connectivity index (χ3v) is 7.10. The normalized spacial score (nSPS) is 11.2. The minimum absolute atomic E-state index is 0.0452. The van der Waals surface area contributed by atoms with Crippen molar-refractivity contribution in [1.29, 1.82) is 5.26 Å². The van der Waals surface area contributed by atoms with Crippen LogP contribution in [0.2, 0.25) is 0 Å². The molecule has 8 nitrogen and oxygen atoms in total. The van der Waals surface area contributed by atoms with E-state index >= 15 is 0 Å². The van der Waals surface area contributed by atoms with Crippen molar-refractivity contribution in [2.75, 3.05) is 11.8 Å². The molecule has 0 aliphatic heterocycles. The molecule has 1 N–H and O–H groups in total. The zero-order chi connectivity index (χ0) is 26.0. The maximum Gasteiger partial charge on any atom is 0.263 e. The summed E-state index contributed by atoms with van der Waals surface area (Å²) >= 11 is 0. The van der Waals surface area contributed by atoms with Gasteiger partial charge in [-0.15, -0.1) is 0 Å². The molecule has 0 amide bonds. The number of nitrogens with zero attached hydrogens (tertiary/aromatic N) is 4. The monoisotopic (exact) mass is 511 g/mol. The number of nitrogens with one attached hydrogen (secondary N) is 1. The van der Waals surface area contributed by atoms with E-state index in [1.54, 1.807) is 36.5 Å². The lowest BCUT2D eigenvalue weighted by Gasteiger charge is -2.14. The maximum absolute atomic E-state index is 13.8. The fourth-order valence-electron chi connectivity index (χ4n) is 3.94. The number of fused-ring (bicyclic) bond motifs is 1. The van der Waals surface area contributed by atoms with Crippen molar-refractivity contribution in [2.24, 2.45) is 0 Å². The molecule has 5 rings (SSSR count). The number of aromatic nitrogens is 3. The summed E-state index contributed by atoms with van der Waals surface area (Å²) in [6.07, 6.45) is 4.30. The Labute approximate surface area is 212 Å². The summed E-state index contributed by atoms with van der Waals surface area (Å²) < 4.78 is 47.6. The van der Waals surface area contributed by atoms with E-state index in [0.717, 1.165) is 10.9 Å². The molecule has 0 fully saturated rings. The number of hydrogen-bond donors (Lipinski definition) is 1. The Morgan fingerprint density at radius 1 is 0.946 bits per heavy atom. The number of benzene rings is 3. The van der Waals surface area contributed by atoms with Crippen molar-refractivity contribution in [3.63, 3.8) is 0 Å². The molecule has 0 saturated carbocycles. The number of methoxy groups -OCH3 is 1. The van der Waals surface area contributed by atoms with E-state index in [0.29, 0.717) is 28.0 Å². The summed E-state index contributed by atoms with van der Waals surface area (Å²) in [4.78, 5) is 12.3. The lowest BCUT2D eigenvalue weighted by molar-refractivity contribution is 0.416. The Morgan fingerprint density at radius 3 is 2.51 bits per heavy atom. The summed E-state index contributed by atoms with van der Waals surface area (Å²) in [5.74, 6) is 0.101. The number of pyridine rings is 1. The molecule has 0 bridgehead atoms. The summed E-state index contributed by atoms with van der Waals surface area (Å²) in [6, 6.07) is 19.6. The van der Waals surface area contributed by atoms with Crippen LogP contribution < -0.4 is 9.46 Å². The maximum atomic E-state index is 13.8. The number of sulfonamides is 1. The molecular weight excluding hydrogens is 493 g/mol. The van der Waals surface area contributed by atoms with E-state index in [2.05, 4.69) is 19.7 Å². The van der Waals surface area contributed by atoms with Gasteiger partial charge >= 0.3 is 0 Å². The first-order chi connectivity index (χ1) is 17.9. The molecule has 3 aromatic carbocycles. The van der Waals surface area contributed by atoms with Crippen LogP contribution >= 0.6 is 0 Å². The number of hydrogen-bond acceptors (Lipinski definition) is 7. The number of rotatable bonds is 6. The van der Waals surface area contributed by atoms with Gasteiger partial charge in [-0.3, -0.25) is 9.71 Å². The molecular formula is C27H18FN5O3S.